The Morgan fingerprint density at radius 1 is 1.00 bits per heavy atom. The van der Waals surface area contributed by atoms with E-state index in [1.54, 1.807) is 4.90 Å². The second-order valence-corrected chi connectivity index (χ2v) is 15.6. The van der Waals surface area contributed by atoms with Crippen LogP contribution in [0.5, 0.6) is 0 Å². The van der Waals surface area contributed by atoms with Crippen LogP contribution in [0.2, 0.25) is 16.6 Å². The van der Waals surface area contributed by atoms with Gasteiger partial charge in [0.15, 0.2) is 0 Å². The first-order chi connectivity index (χ1) is 12.8. The van der Waals surface area contributed by atoms with Crippen LogP contribution in [0.15, 0.2) is 36.6 Å². The molecule has 0 bridgehead atoms. The molecule has 1 atom stereocenters. The molecule has 1 aliphatic rings. The Kier molecular flexibility index (Phi) is 6.25. The Balaban J connectivity index is 2.58. The molecule has 0 fully saturated rings. The van der Waals surface area contributed by atoms with Crippen LogP contribution in [0.4, 0.5) is 5.69 Å². The van der Waals surface area contributed by atoms with Gasteiger partial charge in [-0.2, -0.15) is 0 Å². The van der Waals surface area contributed by atoms with Crippen molar-refractivity contribution in [3.63, 3.8) is 0 Å². The SMILES string of the molecule is CC(C)[Si](O/C=C/[C@@]1(C(C)(C)C)C(=O)N(C)c2ccccc21)(C(C)C)C(C)C. The molecular formula is C24H39NO2Si. The van der Waals surface area contributed by atoms with Gasteiger partial charge in [-0.05, 0) is 39.7 Å². The van der Waals surface area contributed by atoms with Crippen LogP contribution in [0, 0.1) is 5.41 Å². The summed E-state index contributed by atoms with van der Waals surface area (Å²) in [6.45, 7) is 20.1. The highest BCUT2D eigenvalue weighted by Gasteiger charge is 2.55. The Bertz CT molecular complexity index is 723. The summed E-state index contributed by atoms with van der Waals surface area (Å²) in [6, 6.07) is 8.14. The van der Waals surface area contributed by atoms with Crippen LogP contribution in [-0.2, 0) is 14.6 Å². The van der Waals surface area contributed by atoms with Gasteiger partial charge in [0.1, 0.15) is 5.41 Å². The van der Waals surface area contributed by atoms with Crippen molar-refractivity contribution in [2.24, 2.45) is 5.41 Å². The van der Waals surface area contributed by atoms with Gasteiger partial charge in [0.2, 0.25) is 5.91 Å². The maximum atomic E-state index is 13.5. The van der Waals surface area contributed by atoms with Gasteiger partial charge >= 0.3 is 0 Å². The number of fused-ring (bicyclic) bond motifs is 1. The van der Waals surface area contributed by atoms with E-state index in [0.717, 1.165) is 11.3 Å². The zero-order valence-electron chi connectivity index (χ0n) is 19.5. The van der Waals surface area contributed by atoms with Crippen molar-refractivity contribution < 1.29 is 9.22 Å². The third kappa shape index (κ3) is 3.24. The predicted molar refractivity (Wildman–Crippen MR) is 122 cm³/mol. The normalized spacial score (nSPS) is 20.8. The first-order valence-corrected chi connectivity index (χ1v) is 12.7. The highest BCUT2D eigenvalue weighted by atomic mass is 28.4. The topological polar surface area (TPSA) is 29.5 Å². The first-order valence-electron chi connectivity index (χ1n) is 10.6. The Hall–Kier alpha value is -1.55. The largest absolute Gasteiger partial charge is 0.548 e. The molecule has 0 saturated carbocycles. The summed E-state index contributed by atoms with van der Waals surface area (Å²) in [4.78, 5) is 15.3. The lowest BCUT2D eigenvalue weighted by molar-refractivity contribution is -0.124. The van der Waals surface area contributed by atoms with Crippen molar-refractivity contribution >= 4 is 19.9 Å². The van der Waals surface area contributed by atoms with Gasteiger partial charge in [-0.1, -0.05) is 80.5 Å². The molecular weight excluding hydrogens is 362 g/mol. The van der Waals surface area contributed by atoms with E-state index in [9.17, 15) is 4.79 Å². The van der Waals surface area contributed by atoms with Crippen molar-refractivity contribution in [2.45, 2.75) is 84.4 Å². The van der Waals surface area contributed by atoms with Crippen LogP contribution < -0.4 is 4.90 Å². The van der Waals surface area contributed by atoms with Gasteiger partial charge in [-0.3, -0.25) is 4.79 Å². The zero-order valence-corrected chi connectivity index (χ0v) is 20.5. The first kappa shape index (κ1) is 22.7. The lowest BCUT2D eigenvalue weighted by atomic mass is 9.63. The van der Waals surface area contributed by atoms with Crippen LogP contribution >= 0.6 is 0 Å². The van der Waals surface area contributed by atoms with Crippen LogP contribution in [0.25, 0.3) is 0 Å². The number of nitrogens with zero attached hydrogens (tertiary/aromatic N) is 1. The Morgan fingerprint density at radius 2 is 1.50 bits per heavy atom. The van der Waals surface area contributed by atoms with Crippen molar-refractivity contribution in [1.82, 2.24) is 0 Å². The van der Waals surface area contributed by atoms with Gasteiger partial charge in [0, 0.05) is 12.7 Å². The number of para-hydroxylation sites is 1. The summed E-state index contributed by atoms with van der Waals surface area (Å²) in [6.07, 6.45) is 3.93. The molecule has 1 heterocycles. The van der Waals surface area contributed by atoms with Crippen LogP contribution in [0.1, 0.15) is 67.9 Å². The third-order valence-corrected chi connectivity index (χ3v) is 12.8. The average Bonchev–Trinajstić information content (AvgIpc) is 2.80. The van der Waals surface area contributed by atoms with E-state index in [0.29, 0.717) is 16.6 Å². The van der Waals surface area contributed by atoms with E-state index in [-0.39, 0.29) is 11.3 Å². The Morgan fingerprint density at radius 3 is 1.96 bits per heavy atom. The van der Waals surface area contributed by atoms with Crippen LogP contribution in [0.3, 0.4) is 0 Å². The quantitative estimate of drug-likeness (QED) is 0.394. The fraction of sp³-hybridized carbons (Fsp3) is 0.625. The fourth-order valence-electron chi connectivity index (χ4n) is 5.39. The summed E-state index contributed by atoms with van der Waals surface area (Å²) >= 11 is 0. The molecule has 0 aromatic heterocycles. The van der Waals surface area contributed by atoms with E-state index in [1.807, 2.05) is 37.6 Å². The molecule has 1 aromatic carbocycles. The van der Waals surface area contributed by atoms with Crippen molar-refractivity contribution in [3.05, 3.63) is 42.2 Å². The summed E-state index contributed by atoms with van der Waals surface area (Å²) in [5, 5.41) is 0. The number of hydrogen-bond acceptors (Lipinski definition) is 2. The third-order valence-electron chi connectivity index (χ3n) is 6.81. The number of hydrogen-bond donors (Lipinski definition) is 0. The monoisotopic (exact) mass is 401 g/mol. The fourth-order valence-corrected chi connectivity index (χ4v) is 10.5. The number of benzene rings is 1. The summed E-state index contributed by atoms with van der Waals surface area (Å²) in [5.74, 6) is 0.118. The van der Waals surface area contributed by atoms with Gasteiger partial charge in [0.25, 0.3) is 8.32 Å². The minimum Gasteiger partial charge on any atom is -0.548 e. The number of carbonyl (C=O) groups excluding carboxylic acids is 1. The van der Waals surface area contributed by atoms with Crippen LogP contribution in [-0.4, -0.2) is 21.3 Å². The zero-order chi connectivity index (χ0) is 21.5. The second-order valence-electron chi connectivity index (χ2n) is 10.2. The van der Waals surface area contributed by atoms with Crippen molar-refractivity contribution in [2.75, 3.05) is 11.9 Å². The van der Waals surface area contributed by atoms with Gasteiger partial charge < -0.3 is 9.33 Å². The summed E-state index contributed by atoms with van der Waals surface area (Å²) < 4.78 is 6.68. The van der Waals surface area contributed by atoms with Crippen molar-refractivity contribution in [1.29, 1.82) is 0 Å². The number of amides is 1. The molecule has 0 spiro atoms. The molecule has 0 aliphatic carbocycles. The van der Waals surface area contributed by atoms with E-state index in [2.05, 4.69) is 68.4 Å². The van der Waals surface area contributed by atoms with E-state index in [4.69, 9.17) is 4.43 Å². The maximum Gasteiger partial charge on any atom is 0.257 e. The van der Waals surface area contributed by atoms with Gasteiger partial charge in [-0.25, -0.2) is 0 Å². The minimum atomic E-state index is -2.03. The van der Waals surface area contributed by atoms with Gasteiger partial charge in [-0.15, -0.1) is 0 Å². The number of likely N-dealkylation sites (N-methyl/N-ethyl adjacent to an activating group) is 1. The molecule has 1 aliphatic heterocycles. The molecule has 2 rings (SSSR count). The van der Waals surface area contributed by atoms with E-state index < -0.39 is 13.7 Å². The number of anilines is 1. The van der Waals surface area contributed by atoms with Gasteiger partial charge in [0.05, 0.1) is 6.26 Å². The summed E-state index contributed by atoms with van der Waals surface area (Å²) in [7, 11) is -0.160. The maximum absolute atomic E-state index is 13.5. The highest BCUT2D eigenvalue weighted by molar-refractivity contribution is 6.77. The lowest BCUT2D eigenvalue weighted by Gasteiger charge is -2.42. The number of rotatable bonds is 6. The molecule has 4 heteroatoms. The smallest absolute Gasteiger partial charge is 0.257 e. The molecule has 0 unspecified atom stereocenters. The second kappa shape index (κ2) is 7.70. The summed E-state index contributed by atoms with van der Waals surface area (Å²) in [5.41, 5.74) is 2.56. The molecule has 156 valence electrons. The molecule has 1 amide bonds. The van der Waals surface area contributed by atoms with Crippen molar-refractivity contribution in [3.8, 4) is 0 Å². The molecule has 28 heavy (non-hydrogen) atoms. The standard InChI is InChI=1S/C24H39NO2Si/c1-17(2)28(18(3)4,19(5)6)27-16-15-24(23(7,8)9)20-13-11-12-14-21(20)25(10)22(24)26/h11-19H,1-10H3/b16-15+/t24-/m0/s1. The lowest BCUT2D eigenvalue weighted by Crippen LogP contribution is -2.48. The molecule has 0 N–H and O–H groups in total. The average molecular weight is 402 g/mol. The molecule has 0 radical (unpaired) electrons. The van der Waals surface area contributed by atoms with E-state index in [1.165, 1.54) is 0 Å². The predicted octanol–water partition coefficient (Wildman–Crippen LogP) is 6.65. The molecule has 3 nitrogen and oxygen atoms in total. The van der Waals surface area contributed by atoms with E-state index >= 15 is 0 Å². The Labute approximate surface area is 173 Å². The molecule has 1 aromatic rings. The highest BCUT2D eigenvalue weighted by Crippen LogP contribution is 2.52. The minimum absolute atomic E-state index is 0.118. The number of carbonyl (C=O) groups is 1. The molecule has 0 saturated heterocycles.